The molecule has 1 aliphatic rings. The Kier molecular flexibility index (Phi) is 5.12. The number of aryl methyl sites for hydroxylation is 1. The number of piperazine rings is 1. The van der Waals surface area contributed by atoms with E-state index >= 15 is 0 Å². The molecule has 8 nitrogen and oxygen atoms in total. The van der Waals surface area contributed by atoms with Crippen molar-refractivity contribution in [1.29, 1.82) is 0 Å². The number of hydrogen-bond acceptors (Lipinski definition) is 5. The van der Waals surface area contributed by atoms with Crippen molar-refractivity contribution < 1.29 is 14.0 Å². The number of imidazole rings is 1. The average molecular weight is 381 g/mol. The maximum Gasteiger partial charge on any atom is 0.237 e. The van der Waals surface area contributed by atoms with Gasteiger partial charge in [-0.15, -0.1) is 0 Å². The Morgan fingerprint density at radius 2 is 2.25 bits per heavy atom. The second kappa shape index (κ2) is 7.85. The molecule has 3 heterocycles. The Morgan fingerprint density at radius 3 is 3.07 bits per heavy atom. The van der Waals surface area contributed by atoms with Crippen LogP contribution in [0, 0.1) is 6.92 Å². The molecule has 1 atom stereocenters. The number of benzene rings is 1. The molecular weight excluding hydrogens is 358 g/mol. The molecule has 1 aromatic carbocycles. The minimum atomic E-state index is -0.505. The van der Waals surface area contributed by atoms with Crippen molar-refractivity contribution >= 4 is 22.8 Å². The molecule has 0 unspecified atom stereocenters. The zero-order chi connectivity index (χ0) is 19.5. The molecule has 4 rings (SSSR count). The highest BCUT2D eigenvalue weighted by Crippen LogP contribution is 2.16. The largest absolute Gasteiger partial charge is 0.465 e. The predicted molar refractivity (Wildman–Crippen MR) is 103 cm³/mol. The first-order chi connectivity index (χ1) is 13.6. The van der Waals surface area contributed by atoms with Gasteiger partial charge < -0.3 is 20.0 Å². The molecule has 0 aliphatic carbocycles. The van der Waals surface area contributed by atoms with E-state index in [-0.39, 0.29) is 18.2 Å². The van der Waals surface area contributed by atoms with Crippen molar-refractivity contribution in [1.82, 2.24) is 25.5 Å². The van der Waals surface area contributed by atoms with E-state index in [0.717, 1.165) is 28.1 Å². The van der Waals surface area contributed by atoms with Crippen LogP contribution in [0.1, 0.15) is 23.5 Å². The van der Waals surface area contributed by atoms with E-state index in [9.17, 15) is 9.59 Å². The number of nitrogens with one attached hydrogen (secondary N) is 3. The zero-order valence-electron chi connectivity index (χ0n) is 15.7. The van der Waals surface area contributed by atoms with Gasteiger partial charge in [0.05, 0.1) is 36.4 Å². The van der Waals surface area contributed by atoms with Gasteiger partial charge in [0.2, 0.25) is 11.8 Å². The van der Waals surface area contributed by atoms with E-state index in [1.165, 1.54) is 0 Å². The number of hydrogen-bond donors (Lipinski definition) is 3. The van der Waals surface area contributed by atoms with Crippen LogP contribution in [0.4, 0.5) is 0 Å². The lowest BCUT2D eigenvalue weighted by molar-refractivity contribution is -0.134. The van der Waals surface area contributed by atoms with Crippen LogP contribution in [-0.2, 0) is 22.7 Å². The summed E-state index contributed by atoms with van der Waals surface area (Å²) >= 11 is 0. The second-order valence-corrected chi connectivity index (χ2v) is 7.02. The van der Waals surface area contributed by atoms with Crippen molar-refractivity contribution in [2.24, 2.45) is 0 Å². The van der Waals surface area contributed by atoms with Gasteiger partial charge in [0.1, 0.15) is 11.5 Å². The number of H-pyrrole nitrogens is 1. The van der Waals surface area contributed by atoms with Gasteiger partial charge in [0.15, 0.2) is 0 Å². The minimum absolute atomic E-state index is 0.109. The Morgan fingerprint density at radius 1 is 1.36 bits per heavy atom. The number of aromatic nitrogens is 2. The van der Waals surface area contributed by atoms with E-state index in [4.69, 9.17) is 4.42 Å². The van der Waals surface area contributed by atoms with E-state index in [0.29, 0.717) is 26.2 Å². The number of carbonyl (C=O) groups is 2. The van der Waals surface area contributed by atoms with Crippen LogP contribution in [0.25, 0.3) is 11.0 Å². The molecule has 1 fully saturated rings. The topological polar surface area (TPSA) is 103 Å². The lowest BCUT2D eigenvalue weighted by Gasteiger charge is -2.34. The molecule has 2 aromatic heterocycles. The molecule has 28 heavy (non-hydrogen) atoms. The van der Waals surface area contributed by atoms with E-state index in [1.807, 2.05) is 42.2 Å². The number of rotatable bonds is 6. The van der Waals surface area contributed by atoms with Crippen LogP contribution in [0.2, 0.25) is 0 Å². The summed E-state index contributed by atoms with van der Waals surface area (Å²) in [6, 6.07) is 9.11. The normalized spacial score (nSPS) is 17.6. The maximum atomic E-state index is 12.5. The molecule has 0 saturated carbocycles. The van der Waals surface area contributed by atoms with Gasteiger partial charge in [-0.2, -0.15) is 0 Å². The maximum absolute atomic E-state index is 12.5. The van der Waals surface area contributed by atoms with Crippen molar-refractivity contribution in [3.05, 3.63) is 53.7 Å². The summed E-state index contributed by atoms with van der Waals surface area (Å²) in [6.07, 6.45) is 1.75. The molecule has 3 N–H and O–H groups in total. The van der Waals surface area contributed by atoms with Gasteiger partial charge in [0.25, 0.3) is 0 Å². The fourth-order valence-electron chi connectivity index (χ4n) is 3.48. The highest BCUT2D eigenvalue weighted by molar-refractivity contribution is 5.88. The summed E-state index contributed by atoms with van der Waals surface area (Å²) in [6.45, 7) is 4.05. The standard InChI is InChI=1S/C20H23N5O3/c1-13-2-4-15(28-13)11-25-7-6-21-20(27)18(25)9-19(26)22-10-14-3-5-16-17(8-14)24-12-23-16/h2-5,8,12,18H,6-7,9-11H2,1H3,(H,21,27)(H,22,26)(H,23,24)/t18-/m0/s1. The molecule has 146 valence electrons. The monoisotopic (exact) mass is 381 g/mol. The van der Waals surface area contributed by atoms with Crippen LogP contribution >= 0.6 is 0 Å². The highest BCUT2D eigenvalue weighted by Gasteiger charge is 2.32. The molecule has 8 heteroatoms. The molecule has 0 radical (unpaired) electrons. The van der Waals surface area contributed by atoms with Crippen molar-refractivity contribution in [3.8, 4) is 0 Å². The lowest BCUT2D eigenvalue weighted by Crippen LogP contribution is -2.56. The smallest absolute Gasteiger partial charge is 0.237 e. The zero-order valence-corrected chi connectivity index (χ0v) is 15.7. The third-order valence-electron chi connectivity index (χ3n) is 4.95. The van der Waals surface area contributed by atoms with Gasteiger partial charge in [0, 0.05) is 19.6 Å². The van der Waals surface area contributed by atoms with Crippen LogP contribution in [0.5, 0.6) is 0 Å². The Hall–Kier alpha value is -3.13. The first-order valence-electron chi connectivity index (χ1n) is 9.34. The first kappa shape index (κ1) is 18.2. The summed E-state index contributed by atoms with van der Waals surface area (Å²) in [4.78, 5) is 34.1. The Balaban J connectivity index is 1.36. The van der Waals surface area contributed by atoms with E-state index in [2.05, 4.69) is 20.6 Å². The van der Waals surface area contributed by atoms with Gasteiger partial charge in [-0.1, -0.05) is 6.07 Å². The highest BCUT2D eigenvalue weighted by atomic mass is 16.3. The fraction of sp³-hybridized carbons (Fsp3) is 0.350. The molecule has 3 aromatic rings. The molecule has 1 saturated heterocycles. The predicted octanol–water partition coefficient (Wildman–Crippen LogP) is 1.47. The number of furan rings is 1. The average Bonchev–Trinajstić information content (AvgIpc) is 3.31. The van der Waals surface area contributed by atoms with Crippen molar-refractivity contribution in [2.45, 2.75) is 32.5 Å². The minimum Gasteiger partial charge on any atom is -0.465 e. The van der Waals surface area contributed by atoms with E-state index < -0.39 is 6.04 Å². The molecule has 1 aliphatic heterocycles. The summed E-state index contributed by atoms with van der Waals surface area (Å²) in [7, 11) is 0. The Labute approximate surface area is 162 Å². The lowest BCUT2D eigenvalue weighted by atomic mass is 10.1. The number of nitrogens with zero attached hydrogens (tertiary/aromatic N) is 2. The summed E-state index contributed by atoms with van der Waals surface area (Å²) in [5.74, 6) is 1.35. The number of carbonyl (C=O) groups excluding carboxylic acids is 2. The van der Waals surface area contributed by atoms with Crippen LogP contribution < -0.4 is 10.6 Å². The van der Waals surface area contributed by atoms with Gasteiger partial charge in [-0.3, -0.25) is 14.5 Å². The van der Waals surface area contributed by atoms with Gasteiger partial charge in [-0.25, -0.2) is 4.98 Å². The third-order valence-corrected chi connectivity index (χ3v) is 4.95. The Bertz CT molecular complexity index is 993. The molecular formula is C20H23N5O3. The molecule has 2 amide bonds. The fourth-order valence-corrected chi connectivity index (χ4v) is 3.48. The van der Waals surface area contributed by atoms with Gasteiger partial charge in [-0.05, 0) is 36.8 Å². The summed E-state index contributed by atoms with van der Waals surface area (Å²) < 4.78 is 5.63. The van der Waals surface area contributed by atoms with Crippen LogP contribution in [0.3, 0.4) is 0 Å². The van der Waals surface area contributed by atoms with Crippen molar-refractivity contribution in [3.63, 3.8) is 0 Å². The van der Waals surface area contributed by atoms with Crippen molar-refractivity contribution in [2.75, 3.05) is 13.1 Å². The van der Waals surface area contributed by atoms with E-state index in [1.54, 1.807) is 6.33 Å². The first-order valence-corrected chi connectivity index (χ1v) is 9.34. The third kappa shape index (κ3) is 4.07. The summed E-state index contributed by atoms with van der Waals surface area (Å²) in [5, 5.41) is 5.76. The van der Waals surface area contributed by atoms with Crippen LogP contribution in [-0.4, -0.2) is 45.8 Å². The number of fused-ring (bicyclic) bond motifs is 1. The number of amides is 2. The quantitative estimate of drug-likeness (QED) is 0.600. The SMILES string of the molecule is Cc1ccc(CN2CCNC(=O)[C@@H]2CC(=O)NCc2ccc3nc[nH]c3c2)o1. The molecule has 0 bridgehead atoms. The van der Waals surface area contributed by atoms with Gasteiger partial charge >= 0.3 is 0 Å². The second-order valence-electron chi connectivity index (χ2n) is 7.02. The number of aromatic amines is 1. The molecule has 0 spiro atoms. The van der Waals surface area contributed by atoms with Crippen LogP contribution in [0.15, 0.2) is 41.1 Å². The summed E-state index contributed by atoms with van der Waals surface area (Å²) in [5.41, 5.74) is 2.79.